The summed E-state index contributed by atoms with van der Waals surface area (Å²) in [6.45, 7) is 10.2. The molecule has 0 aromatic rings. The fourth-order valence-corrected chi connectivity index (χ4v) is 0.774. The van der Waals surface area contributed by atoms with E-state index in [4.69, 9.17) is 4.74 Å². The Morgan fingerprint density at radius 1 is 1.60 bits per heavy atom. The molecule has 0 aliphatic carbocycles. The van der Waals surface area contributed by atoms with Gasteiger partial charge in [-0.15, -0.1) is 0 Å². The van der Waals surface area contributed by atoms with Gasteiger partial charge in [0.1, 0.15) is 0 Å². The lowest BCUT2D eigenvalue weighted by atomic mass is 10.4. The third-order valence-electron chi connectivity index (χ3n) is 1.15. The summed E-state index contributed by atoms with van der Waals surface area (Å²) < 4.78 is 7.13. The lowest BCUT2D eigenvalue weighted by molar-refractivity contribution is 0.107. The van der Waals surface area contributed by atoms with E-state index >= 15 is 0 Å². The highest BCUT2D eigenvalue weighted by Crippen LogP contribution is 2.11. The van der Waals surface area contributed by atoms with Crippen molar-refractivity contribution in [1.82, 2.24) is 4.67 Å². The van der Waals surface area contributed by atoms with E-state index < -0.39 is 0 Å². The van der Waals surface area contributed by atoms with Crippen molar-refractivity contribution in [3.8, 4) is 0 Å². The first-order valence-electron chi connectivity index (χ1n) is 3.58. The van der Waals surface area contributed by atoms with Crippen LogP contribution in [0.1, 0.15) is 13.8 Å². The van der Waals surface area contributed by atoms with Crippen molar-refractivity contribution in [3.63, 3.8) is 0 Å². The van der Waals surface area contributed by atoms with Gasteiger partial charge in [0.15, 0.2) is 0 Å². The van der Waals surface area contributed by atoms with Crippen molar-refractivity contribution in [2.45, 2.75) is 13.8 Å². The van der Waals surface area contributed by atoms with E-state index in [0.29, 0.717) is 6.61 Å². The van der Waals surface area contributed by atoms with Crippen molar-refractivity contribution >= 4 is 9.39 Å². The highest BCUT2D eigenvalue weighted by atomic mass is 31.0. The average molecular weight is 161 g/mol. The molecule has 1 fully saturated rings. The van der Waals surface area contributed by atoms with Crippen LogP contribution in [0.5, 0.6) is 0 Å². The van der Waals surface area contributed by atoms with Crippen molar-refractivity contribution in [2.75, 3.05) is 19.8 Å². The normalized spacial score (nSPS) is 17.9. The Morgan fingerprint density at radius 3 is 2.50 bits per heavy atom. The molecule has 0 spiro atoms. The second-order valence-corrected chi connectivity index (χ2v) is 2.44. The standard InChI is InChI=1S/C5H10NOP.C2H6/c1-5-4-7-3-2-6(5)8;1-2/h1-4,8H2;1-2H3. The molecule has 0 aromatic carbocycles. The lowest BCUT2D eigenvalue weighted by Gasteiger charge is -2.25. The van der Waals surface area contributed by atoms with E-state index in [2.05, 4.69) is 16.0 Å². The molecule has 1 saturated heterocycles. The second-order valence-electron chi connectivity index (χ2n) is 1.81. The third-order valence-corrected chi connectivity index (χ3v) is 1.77. The van der Waals surface area contributed by atoms with Crippen LogP contribution >= 0.6 is 9.39 Å². The molecule has 0 saturated carbocycles. The molecular formula is C7H16NOP. The number of ether oxygens (including phenoxy) is 1. The zero-order chi connectivity index (χ0) is 7.98. The van der Waals surface area contributed by atoms with Crippen LogP contribution in [-0.2, 0) is 4.74 Å². The fraction of sp³-hybridized carbons (Fsp3) is 0.714. The molecule has 10 heavy (non-hydrogen) atoms. The first kappa shape index (κ1) is 9.93. The van der Waals surface area contributed by atoms with Gasteiger partial charge in [0, 0.05) is 12.2 Å². The quantitative estimate of drug-likeness (QED) is 0.501. The van der Waals surface area contributed by atoms with Crippen molar-refractivity contribution in [1.29, 1.82) is 0 Å². The summed E-state index contributed by atoms with van der Waals surface area (Å²) in [6.07, 6.45) is 0. The second kappa shape index (κ2) is 5.70. The monoisotopic (exact) mass is 161 g/mol. The molecule has 1 heterocycles. The predicted octanol–water partition coefficient (Wildman–Crippen LogP) is 1.65. The minimum absolute atomic E-state index is 0.684. The van der Waals surface area contributed by atoms with E-state index in [1.165, 1.54) is 0 Å². The highest BCUT2D eigenvalue weighted by Gasteiger charge is 2.06. The Bertz CT molecular complexity index is 106. The zero-order valence-corrected chi connectivity index (χ0v) is 7.92. The van der Waals surface area contributed by atoms with Crippen LogP contribution in [0.25, 0.3) is 0 Å². The van der Waals surface area contributed by atoms with Crippen LogP contribution in [0, 0.1) is 0 Å². The summed E-state index contributed by atoms with van der Waals surface area (Å²) in [4.78, 5) is 0. The molecule has 0 amide bonds. The van der Waals surface area contributed by atoms with Crippen LogP contribution in [0.2, 0.25) is 0 Å². The van der Waals surface area contributed by atoms with Crippen LogP contribution in [0.3, 0.4) is 0 Å². The molecule has 1 aliphatic heterocycles. The van der Waals surface area contributed by atoms with E-state index in [0.717, 1.165) is 18.8 Å². The zero-order valence-electron chi connectivity index (χ0n) is 6.76. The molecule has 0 N–H and O–H groups in total. The molecule has 1 aliphatic rings. The lowest BCUT2D eigenvalue weighted by Crippen LogP contribution is -2.25. The van der Waals surface area contributed by atoms with Crippen LogP contribution in [-0.4, -0.2) is 24.4 Å². The molecular weight excluding hydrogens is 145 g/mol. The third kappa shape index (κ3) is 3.19. The van der Waals surface area contributed by atoms with Gasteiger partial charge in [-0.05, 0) is 9.39 Å². The predicted molar refractivity (Wildman–Crippen MR) is 47.7 cm³/mol. The Kier molecular flexibility index (Phi) is 5.66. The highest BCUT2D eigenvalue weighted by molar-refractivity contribution is 7.13. The van der Waals surface area contributed by atoms with Gasteiger partial charge in [-0.3, -0.25) is 0 Å². The first-order valence-corrected chi connectivity index (χ1v) is 4.10. The summed E-state index contributed by atoms with van der Waals surface area (Å²) in [6, 6.07) is 0. The first-order chi connectivity index (χ1) is 4.80. The Balaban J connectivity index is 0.000000371. The summed E-state index contributed by atoms with van der Waals surface area (Å²) in [7, 11) is 2.60. The molecule has 60 valence electrons. The van der Waals surface area contributed by atoms with Gasteiger partial charge in [0.05, 0.1) is 13.2 Å². The molecule has 0 aromatic heterocycles. The largest absolute Gasteiger partial charge is 0.373 e. The molecule has 0 radical (unpaired) electrons. The maximum Gasteiger partial charge on any atom is 0.0861 e. The van der Waals surface area contributed by atoms with E-state index in [1.807, 2.05) is 18.5 Å². The number of rotatable bonds is 0. The minimum atomic E-state index is 0.684. The number of nitrogens with zero attached hydrogens (tertiary/aromatic N) is 1. The smallest absolute Gasteiger partial charge is 0.0861 e. The minimum Gasteiger partial charge on any atom is -0.373 e. The van der Waals surface area contributed by atoms with Gasteiger partial charge in [-0.25, -0.2) is 0 Å². The van der Waals surface area contributed by atoms with Crippen LogP contribution < -0.4 is 0 Å². The van der Waals surface area contributed by atoms with E-state index in [9.17, 15) is 0 Å². The van der Waals surface area contributed by atoms with Gasteiger partial charge >= 0.3 is 0 Å². The maximum atomic E-state index is 5.10. The molecule has 3 heteroatoms. The molecule has 1 rings (SSSR count). The topological polar surface area (TPSA) is 12.5 Å². The summed E-state index contributed by atoms with van der Waals surface area (Å²) in [5, 5.41) is 0. The van der Waals surface area contributed by atoms with Crippen molar-refractivity contribution in [2.24, 2.45) is 0 Å². The number of hydrogen-bond donors (Lipinski definition) is 0. The van der Waals surface area contributed by atoms with Gasteiger partial charge in [0.2, 0.25) is 0 Å². The molecule has 2 nitrogen and oxygen atoms in total. The number of morpholine rings is 1. The van der Waals surface area contributed by atoms with Gasteiger partial charge in [-0.1, -0.05) is 20.4 Å². The van der Waals surface area contributed by atoms with E-state index in [1.54, 1.807) is 0 Å². The Hall–Kier alpha value is -0.0700. The van der Waals surface area contributed by atoms with Gasteiger partial charge < -0.3 is 9.41 Å². The van der Waals surface area contributed by atoms with Crippen LogP contribution in [0.4, 0.5) is 0 Å². The molecule has 1 atom stereocenters. The van der Waals surface area contributed by atoms with Crippen molar-refractivity contribution < 1.29 is 4.74 Å². The SMILES string of the molecule is C=C1COCCN1P.CC. The maximum absolute atomic E-state index is 5.10. The Labute approximate surface area is 65.5 Å². The molecule has 0 bridgehead atoms. The summed E-state index contributed by atoms with van der Waals surface area (Å²) in [5.41, 5.74) is 1.04. The molecule has 1 unspecified atom stereocenters. The summed E-state index contributed by atoms with van der Waals surface area (Å²) in [5.74, 6) is 0. The van der Waals surface area contributed by atoms with Gasteiger partial charge in [-0.2, -0.15) is 0 Å². The van der Waals surface area contributed by atoms with E-state index in [-0.39, 0.29) is 0 Å². The van der Waals surface area contributed by atoms with Crippen molar-refractivity contribution in [3.05, 3.63) is 12.3 Å². The Morgan fingerprint density at radius 2 is 2.20 bits per heavy atom. The fourth-order valence-electron chi connectivity index (χ4n) is 0.594. The summed E-state index contributed by atoms with van der Waals surface area (Å²) >= 11 is 0. The van der Waals surface area contributed by atoms with Gasteiger partial charge in [0.25, 0.3) is 0 Å². The number of hydrogen-bond acceptors (Lipinski definition) is 2. The van der Waals surface area contributed by atoms with Crippen LogP contribution in [0.15, 0.2) is 12.3 Å². The average Bonchev–Trinajstić information content (AvgIpc) is 2.00.